The fraction of sp³-hybridized carbons (Fsp3) is 0.389. The lowest BCUT2D eigenvalue weighted by Gasteiger charge is -2.16. The van der Waals surface area contributed by atoms with E-state index in [1.54, 1.807) is 0 Å². The Bertz CT molecular complexity index is 550. The van der Waals surface area contributed by atoms with Gasteiger partial charge in [0, 0.05) is 13.0 Å². The number of hydrogen-bond donors (Lipinski definition) is 0. The molecule has 0 heterocycles. The van der Waals surface area contributed by atoms with Gasteiger partial charge in [0.1, 0.15) is 6.29 Å². The lowest BCUT2D eigenvalue weighted by atomic mass is 10.1. The van der Waals surface area contributed by atoms with Crippen LogP contribution in [0.3, 0.4) is 0 Å². The van der Waals surface area contributed by atoms with Crippen LogP contribution in [0.25, 0.3) is 10.8 Å². The highest BCUT2D eigenvalue weighted by atomic mass is 16.1. The van der Waals surface area contributed by atoms with Gasteiger partial charge in [0.2, 0.25) is 0 Å². The standard InChI is InChI=1S/C18H23NO/c1-19(12-5-2-6-14-20)13-11-16-9-10-17-7-3-4-8-18(17)15-16/h3-4,7-10,14-15H,2,5-6,11-13H2,1H3. The summed E-state index contributed by atoms with van der Waals surface area (Å²) in [6.45, 7) is 2.14. The third kappa shape index (κ3) is 4.46. The molecule has 2 heteroatoms. The third-order valence-corrected chi connectivity index (χ3v) is 3.71. The molecule has 2 rings (SSSR count). The van der Waals surface area contributed by atoms with E-state index in [-0.39, 0.29) is 0 Å². The first-order chi connectivity index (χ1) is 9.79. The lowest BCUT2D eigenvalue weighted by molar-refractivity contribution is -0.107. The van der Waals surface area contributed by atoms with Crippen LogP contribution >= 0.6 is 0 Å². The summed E-state index contributed by atoms with van der Waals surface area (Å²) >= 11 is 0. The molecular weight excluding hydrogens is 246 g/mol. The van der Waals surface area contributed by atoms with Crippen LogP contribution in [0.4, 0.5) is 0 Å². The molecule has 0 saturated heterocycles. The van der Waals surface area contributed by atoms with E-state index in [4.69, 9.17) is 0 Å². The van der Waals surface area contributed by atoms with E-state index in [2.05, 4.69) is 54.4 Å². The molecular formula is C18H23NO. The van der Waals surface area contributed by atoms with Gasteiger partial charge < -0.3 is 9.69 Å². The fourth-order valence-corrected chi connectivity index (χ4v) is 2.44. The number of aldehydes is 1. The molecule has 0 aliphatic carbocycles. The summed E-state index contributed by atoms with van der Waals surface area (Å²) in [4.78, 5) is 12.6. The first-order valence-electron chi connectivity index (χ1n) is 7.39. The molecule has 0 spiro atoms. The van der Waals surface area contributed by atoms with Crippen LogP contribution < -0.4 is 0 Å². The van der Waals surface area contributed by atoms with E-state index in [1.807, 2.05) is 0 Å². The second-order valence-electron chi connectivity index (χ2n) is 5.40. The molecule has 0 amide bonds. The minimum atomic E-state index is 0.693. The Kier molecular flexibility index (Phi) is 5.75. The molecule has 20 heavy (non-hydrogen) atoms. The minimum absolute atomic E-state index is 0.693. The van der Waals surface area contributed by atoms with Gasteiger partial charge in [0.25, 0.3) is 0 Å². The Morgan fingerprint density at radius 1 is 1.00 bits per heavy atom. The SMILES string of the molecule is CN(CCCCC=O)CCc1ccc2ccccc2c1. The third-order valence-electron chi connectivity index (χ3n) is 3.71. The van der Waals surface area contributed by atoms with Gasteiger partial charge in [-0.2, -0.15) is 0 Å². The van der Waals surface area contributed by atoms with Crippen molar-refractivity contribution in [3.63, 3.8) is 0 Å². The van der Waals surface area contributed by atoms with E-state index >= 15 is 0 Å². The molecule has 2 nitrogen and oxygen atoms in total. The summed E-state index contributed by atoms with van der Waals surface area (Å²) < 4.78 is 0. The maximum absolute atomic E-state index is 10.3. The molecule has 106 valence electrons. The number of nitrogens with zero attached hydrogens (tertiary/aromatic N) is 1. The van der Waals surface area contributed by atoms with Crippen molar-refractivity contribution in [2.24, 2.45) is 0 Å². The van der Waals surface area contributed by atoms with Gasteiger partial charge in [-0.25, -0.2) is 0 Å². The van der Waals surface area contributed by atoms with Crippen LogP contribution in [-0.4, -0.2) is 31.3 Å². The molecule has 0 atom stereocenters. The molecule has 2 aromatic carbocycles. The Balaban J connectivity index is 1.81. The highest BCUT2D eigenvalue weighted by Crippen LogP contribution is 2.16. The van der Waals surface area contributed by atoms with E-state index in [9.17, 15) is 4.79 Å². The van der Waals surface area contributed by atoms with Crippen molar-refractivity contribution in [1.82, 2.24) is 4.90 Å². The molecule has 0 aliphatic heterocycles. The average molecular weight is 269 g/mol. The van der Waals surface area contributed by atoms with Crippen molar-refractivity contribution < 1.29 is 4.79 Å². The highest BCUT2D eigenvalue weighted by molar-refractivity contribution is 5.82. The molecule has 0 fully saturated rings. The molecule has 2 aromatic rings. The number of carbonyl (C=O) groups excluding carboxylic acids is 1. The van der Waals surface area contributed by atoms with Crippen molar-refractivity contribution >= 4 is 17.1 Å². The number of carbonyl (C=O) groups is 1. The van der Waals surface area contributed by atoms with Crippen LogP contribution in [0, 0.1) is 0 Å². The number of rotatable bonds is 8. The molecule has 0 N–H and O–H groups in total. The Hall–Kier alpha value is -1.67. The Morgan fingerprint density at radius 3 is 2.60 bits per heavy atom. The number of benzene rings is 2. The summed E-state index contributed by atoms with van der Waals surface area (Å²) in [5.74, 6) is 0. The van der Waals surface area contributed by atoms with Gasteiger partial charge in [0.05, 0.1) is 0 Å². The topological polar surface area (TPSA) is 20.3 Å². The van der Waals surface area contributed by atoms with Crippen LogP contribution in [0.2, 0.25) is 0 Å². The number of fused-ring (bicyclic) bond motifs is 1. The zero-order chi connectivity index (χ0) is 14.2. The van der Waals surface area contributed by atoms with Gasteiger partial charge in [-0.3, -0.25) is 0 Å². The zero-order valence-electron chi connectivity index (χ0n) is 12.2. The average Bonchev–Trinajstić information content (AvgIpc) is 2.49. The molecule has 0 unspecified atom stereocenters. The second-order valence-corrected chi connectivity index (χ2v) is 5.40. The summed E-state index contributed by atoms with van der Waals surface area (Å²) in [6.07, 6.45) is 4.89. The van der Waals surface area contributed by atoms with E-state index in [1.165, 1.54) is 16.3 Å². The van der Waals surface area contributed by atoms with Crippen molar-refractivity contribution in [2.45, 2.75) is 25.7 Å². The van der Waals surface area contributed by atoms with Gasteiger partial charge in [0.15, 0.2) is 0 Å². The van der Waals surface area contributed by atoms with Crippen LogP contribution in [0.15, 0.2) is 42.5 Å². The fourth-order valence-electron chi connectivity index (χ4n) is 2.44. The summed E-state index contributed by atoms with van der Waals surface area (Å²) in [5.41, 5.74) is 1.39. The molecule has 0 aromatic heterocycles. The predicted molar refractivity (Wildman–Crippen MR) is 85.1 cm³/mol. The van der Waals surface area contributed by atoms with Crippen LogP contribution in [0.1, 0.15) is 24.8 Å². The Labute approximate surface area is 121 Å². The van der Waals surface area contributed by atoms with Crippen molar-refractivity contribution in [3.8, 4) is 0 Å². The first kappa shape index (κ1) is 14.7. The maximum Gasteiger partial charge on any atom is 0.119 e. The van der Waals surface area contributed by atoms with Crippen molar-refractivity contribution in [3.05, 3.63) is 48.0 Å². The van der Waals surface area contributed by atoms with Gasteiger partial charge in [-0.05, 0) is 49.2 Å². The van der Waals surface area contributed by atoms with E-state index < -0.39 is 0 Å². The first-order valence-corrected chi connectivity index (χ1v) is 7.39. The number of unbranched alkanes of at least 4 members (excludes halogenated alkanes) is 2. The van der Waals surface area contributed by atoms with Crippen molar-refractivity contribution in [1.29, 1.82) is 0 Å². The van der Waals surface area contributed by atoms with Crippen molar-refractivity contribution in [2.75, 3.05) is 20.1 Å². The summed E-state index contributed by atoms with van der Waals surface area (Å²) in [5, 5.41) is 2.62. The van der Waals surface area contributed by atoms with Gasteiger partial charge in [-0.1, -0.05) is 42.5 Å². The smallest absolute Gasteiger partial charge is 0.119 e. The minimum Gasteiger partial charge on any atom is -0.306 e. The molecule has 0 radical (unpaired) electrons. The maximum atomic E-state index is 10.3. The largest absolute Gasteiger partial charge is 0.306 e. The number of hydrogen-bond acceptors (Lipinski definition) is 2. The molecule has 0 aliphatic rings. The molecule has 0 saturated carbocycles. The zero-order valence-corrected chi connectivity index (χ0v) is 12.2. The van der Waals surface area contributed by atoms with Gasteiger partial charge in [-0.15, -0.1) is 0 Å². The van der Waals surface area contributed by atoms with Gasteiger partial charge >= 0.3 is 0 Å². The van der Waals surface area contributed by atoms with E-state index in [0.717, 1.165) is 38.6 Å². The molecule has 0 bridgehead atoms. The quantitative estimate of drug-likeness (QED) is 0.538. The van der Waals surface area contributed by atoms with E-state index in [0.29, 0.717) is 6.42 Å². The summed E-state index contributed by atoms with van der Waals surface area (Å²) in [6, 6.07) is 15.2. The van der Waals surface area contributed by atoms with Crippen LogP contribution in [-0.2, 0) is 11.2 Å². The highest BCUT2D eigenvalue weighted by Gasteiger charge is 2.01. The number of likely N-dealkylation sites (N-methyl/N-ethyl adjacent to an activating group) is 1. The predicted octanol–water partition coefficient (Wildman–Crippen LogP) is 3.68. The second kappa shape index (κ2) is 7.81. The lowest BCUT2D eigenvalue weighted by Crippen LogP contribution is -2.22. The normalized spacial score (nSPS) is 11.1. The Morgan fingerprint density at radius 2 is 1.80 bits per heavy atom. The van der Waals surface area contributed by atoms with Crippen LogP contribution in [0.5, 0.6) is 0 Å². The summed E-state index contributed by atoms with van der Waals surface area (Å²) in [7, 11) is 2.15. The monoisotopic (exact) mass is 269 g/mol.